The normalized spacial score (nSPS) is 16.5. The summed E-state index contributed by atoms with van der Waals surface area (Å²) in [6.45, 7) is 0. The SMILES string of the molecule is CSc1ccc(OC(=O)C2=Cc3ccccc3OC2C(F)(F)F)cc1. The van der Waals surface area contributed by atoms with E-state index in [1.807, 2.05) is 6.26 Å². The molecule has 1 heterocycles. The molecule has 0 saturated heterocycles. The average Bonchev–Trinajstić information content (AvgIpc) is 2.60. The molecule has 130 valence electrons. The van der Waals surface area contributed by atoms with Crippen LogP contribution in [0.2, 0.25) is 0 Å². The molecule has 0 saturated carbocycles. The Kier molecular flexibility index (Phi) is 4.76. The third-order valence-corrected chi connectivity index (χ3v) is 4.30. The lowest BCUT2D eigenvalue weighted by atomic mass is 10.0. The van der Waals surface area contributed by atoms with Crippen LogP contribution in [0.4, 0.5) is 13.2 Å². The minimum atomic E-state index is -4.74. The van der Waals surface area contributed by atoms with E-state index in [9.17, 15) is 18.0 Å². The van der Waals surface area contributed by atoms with Gasteiger partial charge in [0.1, 0.15) is 11.5 Å². The maximum Gasteiger partial charge on any atom is 0.430 e. The Balaban J connectivity index is 1.90. The van der Waals surface area contributed by atoms with Crippen LogP contribution in [0.15, 0.2) is 59.0 Å². The average molecular weight is 366 g/mol. The number of benzene rings is 2. The van der Waals surface area contributed by atoms with Crippen LogP contribution in [0.3, 0.4) is 0 Å². The van der Waals surface area contributed by atoms with Gasteiger partial charge in [-0.05, 0) is 42.7 Å². The molecule has 3 nitrogen and oxygen atoms in total. The predicted molar refractivity (Wildman–Crippen MR) is 88.7 cm³/mol. The van der Waals surface area contributed by atoms with Crippen LogP contribution in [0.25, 0.3) is 6.08 Å². The summed E-state index contributed by atoms with van der Waals surface area (Å²) in [6, 6.07) is 12.7. The Morgan fingerprint density at radius 1 is 1.12 bits per heavy atom. The summed E-state index contributed by atoms with van der Waals surface area (Å²) in [5.41, 5.74) is -0.187. The number of ether oxygens (including phenoxy) is 2. The summed E-state index contributed by atoms with van der Waals surface area (Å²) in [5, 5.41) is 0. The van der Waals surface area contributed by atoms with E-state index in [2.05, 4.69) is 0 Å². The molecular formula is C18H13F3O3S. The highest BCUT2D eigenvalue weighted by Crippen LogP contribution is 2.37. The first-order valence-electron chi connectivity index (χ1n) is 7.28. The van der Waals surface area contributed by atoms with Gasteiger partial charge in [0.15, 0.2) is 0 Å². The summed E-state index contributed by atoms with van der Waals surface area (Å²) in [5.74, 6) is -0.845. The van der Waals surface area contributed by atoms with Crippen LogP contribution < -0.4 is 9.47 Å². The molecule has 0 radical (unpaired) electrons. The van der Waals surface area contributed by atoms with Gasteiger partial charge in [-0.1, -0.05) is 18.2 Å². The first-order chi connectivity index (χ1) is 11.9. The topological polar surface area (TPSA) is 35.5 Å². The molecule has 3 rings (SSSR count). The maximum atomic E-state index is 13.3. The lowest BCUT2D eigenvalue weighted by molar-refractivity contribution is -0.186. The van der Waals surface area contributed by atoms with Crippen molar-refractivity contribution in [3.05, 3.63) is 59.7 Å². The zero-order chi connectivity index (χ0) is 18.0. The molecule has 25 heavy (non-hydrogen) atoms. The second kappa shape index (κ2) is 6.84. The van der Waals surface area contributed by atoms with E-state index in [1.54, 1.807) is 30.3 Å². The largest absolute Gasteiger partial charge is 0.475 e. The number of carbonyl (C=O) groups excluding carboxylic acids is 1. The molecule has 1 aliphatic heterocycles. The van der Waals surface area contributed by atoms with Crippen molar-refractivity contribution < 1.29 is 27.4 Å². The number of halogens is 3. The van der Waals surface area contributed by atoms with Crippen molar-refractivity contribution in [2.45, 2.75) is 17.2 Å². The molecular weight excluding hydrogens is 353 g/mol. The number of hydrogen-bond acceptors (Lipinski definition) is 4. The minimum absolute atomic E-state index is 0.0747. The number of thioether (sulfide) groups is 1. The summed E-state index contributed by atoms with van der Waals surface area (Å²) in [7, 11) is 0. The lowest BCUT2D eigenvalue weighted by Crippen LogP contribution is -2.41. The number of carbonyl (C=O) groups is 1. The fraction of sp³-hybridized carbons (Fsp3) is 0.167. The van der Waals surface area contributed by atoms with E-state index in [-0.39, 0.29) is 11.5 Å². The highest BCUT2D eigenvalue weighted by Gasteiger charge is 2.48. The van der Waals surface area contributed by atoms with E-state index < -0.39 is 23.8 Å². The minimum Gasteiger partial charge on any atom is -0.475 e. The van der Waals surface area contributed by atoms with Gasteiger partial charge in [-0.2, -0.15) is 13.2 Å². The molecule has 2 aromatic carbocycles. The molecule has 1 unspecified atom stereocenters. The maximum absolute atomic E-state index is 13.3. The third-order valence-electron chi connectivity index (χ3n) is 3.56. The smallest absolute Gasteiger partial charge is 0.430 e. The van der Waals surface area contributed by atoms with Gasteiger partial charge in [0, 0.05) is 10.5 Å². The Morgan fingerprint density at radius 3 is 2.44 bits per heavy atom. The summed E-state index contributed by atoms with van der Waals surface area (Å²) >= 11 is 1.50. The van der Waals surface area contributed by atoms with Gasteiger partial charge in [-0.25, -0.2) is 4.79 Å². The van der Waals surface area contributed by atoms with Crippen LogP contribution in [-0.2, 0) is 4.79 Å². The second-order valence-corrected chi connectivity index (χ2v) is 6.12. The van der Waals surface area contributed by atoms with Crippen LogP contribution in [0.1, 0.15) is 5.56 Å². The molecule has 0 spiro atoms. The van der Waals surface area contributed by atoms with E-state index in [1.165, 1.54) is 30.0 Å². The number of fused-ring (bicyclic) bond motifs is 1. The van der Waals surface area contributed by atoms with Crippen molar-refractivity contribution in [2.75, 3.05) is 6.26 Å². The van der Waals surface area contributed by atoms with Crippen LogP contribution in [0.5, 0.6) is 11.5 Å². The number of esters is 1. The Bertz CT molecular complexity index is 813. The molecule has 1 atom stereocenters. The van der Waals surface area contributed by atoms with Crippen molar-refractivity contribution >= 4 is 23.8 Å². The van der Waals surface area contributed by atoms with E-state index in [0.717, 1.165) is 11.0 Å². The highest BCUT2D eigenvalue weighted by atomic mass is 32.2. The predicted octanol–water partition coefficient (Wildman–Crippen LogP) is 4.72. The van der Waals surface area contributed by atoms with Gasteiger partial charge in [0.2, 0.25) is 6.10 Å². The van der Waals surface area contributed by atoms with Gasteiger partial charge in [0.25, 0.3) is 0 Å². The van der Waals surface area contributed by atoms with Crippen molar-refractivity contribution in [3.63, 3.8) is 0 Å². The van der Waals surface area contributed by atoms with Gasteiger partial charge in [0.05, 0.1) is 5.57 Å². The highest BCUT2D eigenvalue weighted by molar-refractivity contribution is 7.98. The van der Waals surface area contributed by atoms with E-state index in [0.29, 0.717) is 5.56 Å². The molecule has 0 amide bonds. The Morgan fingerprint density at radius 2 is 1.80 bits per heavy atom. The van der Waals surface area contributed by atoms with Crippen LogP contribution in [-0.4, -0.2) is 24.5 Å². The number of hydrogen-bond donors (Lipinski definition) is 0. The van der Waals surface area contributed by atoms with Crippen molar-refractivity contribution in [1.29, 1.82) is 0 Å². The van der Waals surface area contributed by atoms with Crippen LogP contribution in [0, 0.1) is 0 Å². The molecule has 0 fully saturated rings. The Hall–Kier alpha value is -2.41. The zero-order valence-corrected chi connectivity index (χ0v) is 13.9. The number of rotatable bonds is 3. The van der Waals surface area contributed by atoms with Crippen molar-refractivity contribution in [1.82, 2.24) is 0 Å². The standard InChI is InChI=1S/C18H13F3O3S/c1-25-13-8-6-12(7-9-13)23-17(22)14-10-11-4-2-3-5-15(11)24-16(14)18(19,20)21/h2-10,16H,1H3. The van der Waals surface area contributed by atoms with Gasteiger partial charge in [-0.15, -0.1) is 11.8 Å². The zero-order valence-electron chi connectivity index (χ0n) is 13.0. The quantitative estimate of drug-likeness (QED) is 0.447. The van der Waals surface area contributed by atoms with Gasteiger partial charge < -0.3 is 9.47 Å². The molecule has 0 aromatic heterocycles. The number of para-hydroxylation sites is 1. The summed E-state index contributed by atoms with van der Waals surface area (Å²) in [6.07, 6.45) is -4.05. The Labute approximate surface area is 146 Å². The molecule has 0 N–H and O–H groups in total. The van der Waals surface area contributed by atoms with Crippen LogP contribution >= 0.6 is 11.8 Å². The monoisotopic (exact) mass is 366 g/mol. The fourth-order valence-electron chi connectivity index (χ4n) is 2.36. The second-order valence-electron chi connectivity index (χ2n) is 5.24. The third kappa shape index (κ3) is 3.82. The number of alkyl halides is 3. The summed E-state index contributed by atoms with van der Waals surface area (Å²) in [4.78, 5) is 13.3. The molecule has 1 aliphatic rings. The lowest BCUT2D eigenvalue weighted by Gasteiger charge is -2.27. The molecule has 0 aliphatic carbocycles. The van der Waals surface area contributed by atoms with Gasteiger partial charge >= 0.3 is 12.1 Å². The molecule has 0 bridgehead atoms. The van der Waals surface area contributed by atoms with Crippen molar-refractivity contribution in [2.24, 2.45) is 0 Å². The molecule has 7 heteroatoms. The van der Waals surface area contributed by atoms with E-state index >= 15 is 0 Å². The van der Waals surface area contributed by atoms with Crippen molar-refractivity contribution in [3.8, 4) is 11.5 Å². The fourth-order valence-corrected chi connectivity index (χ4v) is 2.77. The molecule has 2 aromatic rings. The van der Waals surface area contributed by atoms with E-state index in [4.69, 9.17) is 9.47 Å². The first-order valence-corrected chi connectivity index (χ1v) is 8.51. The summed E-state index contributed by atoms with van der Waals surface area (Å²) < 4.78 is 50.0. The first kappa shape index (κ1) is 17.4. The van der Waals surface area contributed by atoms with Gasteiger partial charge in [-0.3, -0.25) is 0 Å².